The van der Waals surface area contributed by atoms with E-state index in [1.807, 2.05) is 37.3 Å². The largest absolute Gasteiger partial charge is 0.492 e. The van der Waals surface area contributed by atoms with Gasteiger partial charge in [-0.15, -0.1) is 0 Å². The van der Waals surface area contributed by atoms with Gasteiger partial charge in [0.2, 0.25) is 0 Å². The molecular formula is C21H24ClN5O2. The van der Waals surface area contributed by atoms with Crippen molar-refractivity contribution in [2.75, 3.05) is 50.5 Å². The molecule has 0 saturated carbocycles. The first-order valence-electron chi connectivity index (χ1n) is 9.62. The summed E-state index contributed by atoms with van der Waals surface area (Å²) < 4.78 is 11.4. The van der Waals surface area contributed by atoms with Crippen molar-refractivity contribution in [3.63, 3.8) is 0 Å². The lowest BCUT2D eigenvalue weighted by Gasteiger charge is -2.26. The number of nitrogens with two attached hydrogens (primary N) is 1. The van der Waals surface area contributed by atoms with Crippen molar-refractivity contribution in [1.29, 1.82) is 0 Å². The number of hydrogen-bond donors (Lipinski definition) is 2. The van der Waals surface area contributed by atoms with Gasteiger partial charge in [0.15, 0.2) is 5.82 Å². The van der Waals surface area contributed by atoms with E-state index in [0.717, 1.165) is 49.5 Å². The maximum absolute atomic E-state index is 6.41. The summed E-state index contributed by atoms with van der Waals surface area (Å²) in [7, 11) is 0. The number of ether oxygens (including phenoxy) is 2. The van der Waals surface area contributed by atoms with Gasteiger partial charge in [-0.1, -0.05) is 11.6 Å². The molecule has 7 nitrogen and oxygen atoms in total. The fraction of sp³-hybridized carbons (Fsp3) is 0.333. The fourth-order valence-electron chi connectivity index (χ4n) is 3.25. The summed E-state index contributed by atoms with van der Waals surface area (Å²) in [6.07, 6.45) is 1.71. The minimum atomic E-state index is 0.564. The highest BCUT2D eigenvalue weighted by Crippen LogP contribution is 2.32. The van der Waals surface area contributed by atoms with Crippen LogP contribution in [0.2, 0.25) is 5.02 Å². The zero-order valence-corrected chi connectivity index (χ0v) is 17.1. The molecule has 0 atom stereocenters. The van der Waals surface area contributed by atoms with Gasteiger partial charge < -0.3 is 20.5 Å². The minimum absolute atomic E-state index is 0.564. The molecule has 2 aromatic heterocycles. The Kier molecular flexibility index (Phi) is 5.99. The third-order valence-electron chi connectivity index (χ3n) is 4.99. The van der Waals surface area contributed by atoms with Crippen LogP contribution in [0.15, 0.2) is 36.5 Å². The highest BCUT2D eigenvalue weighted by molar-refractivity contribution is 6.35. The van der Waals surface area contributed by atoms with Gasteiger partial charge in [0, 0.05) is 31.2 Å². The van der Waals surface area contributed by atoms with Gasteiger partial charge in [0.25, 0.3) is 0 Å². The molecule has 1 aliphatic rings. The average Bonchev–Trinajstić information content (AvgIpc) is 2.74. The van der Waals surface area contributed by atoms with Gasteiger partial charge in [-0.05, 0) is 42.8 Å². The van der Waals surface area contributed by atoms with Crippen LogP contribution in [0.5, 0.6) is 5.75 Å². The number of pyridine rings is 2. The molecule has 1 aliphatic heterocycles. The van der Waals surface area contributed by atoms with Crippen LogP contribution in [0.25, 0.3) is 10.9 Å². The highest BCUT2D eigenvalue weighted by Gasteiger charge is 2.13. The smallest absolute Gasteiger partial charge is 0.154 e. The highest BCUT2D eigenvalue weighted by atomic mass is 35.5. The molecule has 8 heteroatoms. The summed E-state index contributed by atoms with van der Waals surface area (Å²) in [4.78, 5) is 11.3. The lowest BCUT2D eigenvalue weighted by atomic mass is 10.2. The molecular weight excluding hydrogens is 390 g/mol. The number of anilines is 3. The Morgan fingerprint density at radius 1 is 1.21 bits per heavy atom. The number of morpholine rings is 1. The second-order valence-corrected chi connectivity index (χ2v) is 7.36. The summed E-state index contributed by atoms with van der Waals surface area (Å²) in [6.45, 7) is 6.84. The van der Waals surface area contributed by atoms with Crippen molar-refractivity contribution in [1.82, 2.24) is 14.9 Å². The Bertz CT molecular complexity index is 1010. The number of nitrogens with zero attached hydrogens (tertiary/aromatic N) is 3. The van der Waals surface area contributed by atoms with Gasteiger partial charge in [-0.2, -0.15) is 0 Å². The maximum atomic E-state index is 6.41. The zero-order valence-electron chi connectivity index (χ0n) is 16.3. The molecule has 0 spiro atoms. The van der Waals surface area contributed by atoms with Crippen LogP contribution in [0.1, 0.15) is 5.56 Å². The minimum Gasteiger partial charge on any atom is -0.492 e. The van der Waals surface area contributed by atoms with Crippen LogP contribution in [0.4, 0.5) is 17.3 Å². The second-order valence-electron chi connectivity index (χ2n) is 6.96. The van der Waals surface area contributed by atoms with E-state index in [0.29, 0.717) is 34.5 Å². The number of fused-ring (bicyclic) bond motifs is 1. The summed E-state index contributed by atoms with van der Waals surface area (Å²) >= 11 is 6.41. The molecule has 0 aliphatic carbocycles. The fourth-order valence-corrected chi connectivity index (χ4v) is 3.46. The summed E-state index contributed by atoms with van der Waals surface area (Å²) in [5, 5.41) is 4.61. The molecule has 3 aromatic rings. The molecule has 0 radical (unpaired) electrons. The van der Waals surface area contributed by atoms with E-state index in [-0.39, 0.29) is 0 Å². The first kappa shape index (κ1) is 19.7. The van der Waals surface area contributed by atoms with Crippen LogP contribution in [-0.4, -0.2) is 54.3 Å². The van der Waals surface area contributed by atoms with Gasteiger partial charge in [-0.25, -0.2) is 9.97 Å². The summed E-state index contributed by atoms with van der Waals surface area (Å²) in [5.74, 6) is 1.96. The van der Waals surface area contributed by atoms with E-state index < -0.39 is 0 Å². The zero-order chi connectivity index (χ0) is 20.2. The van der Waals surface area contributed by atoms with E-state index in [9.17, 15) is 0 Å². The molecule has 3 heterocycles. The number of nitrogens with one attached hydrogen (secondary N) is 1. The molecule has 152 valence electrons. The molecule has 0 amide bonds. The Balaban J connectivity index is 1.52. The quantitative estimate of drug-likeness (QED) is 0.638. The monoisotopic (exact) mass is 413 g/mol. The van der Waals surface area contributed by atoms with Crippen LogP contribution in [0, 0.1) is 6.92 Å². The molecule has 3 N–H and O–H groups in total. The predicted octanol–water partition coefficient (Wildman–Crippen LogP) is 3.63. The lowest BCUT2D eigenvalue weighted by molar-refractivity contribution is 0.0323. The number of benzene rings is 1. The third kappa shape index (κ3) is 4.53. The van der Waals surface area contributed by atoms with Crippen molar-refractivity contribution in [3.05, 3.63) is 47.1 Å². The van der Waals surface area contributed by atoms with Gasteiger partial charge >= 0.3 is 0 Å². The number of nitrogen functional groups attached to an aromatic ring is 1. The third-order valence-corrected chi connectivity index (χ3v) is 5.30. The van der Waals surface area contributed by atoms with E-state index in [2.05, 4.69) is 20.2 Å². The first-order chi connectivity index (χ1) is 14.1. The van der Waals surface area contributed by atoms with Crippen molar-refractivity contribution in [2.24, 2.45) is 0 Å². The standard InChI is InChI=1S/C21H24ClN5O2/c1-14-6-7-24-21(19(14)23)26-18-5-2-15-17(4-3-16(22)20(15)25-18)29-13-10-27-8-11-28-12-9-27/h2-7H,8-13,23H2,1H3,(H,24,25,26). The number of rotatable bonds is 6. The Hall–Kier alpha value is -2.61. The van der Waals surface area contributed by atoms with Crippen molar-refractivity contribution >= 4 is 39.8 Å². The molecule has 4 rings (SSSR count). The maximum Gasteiger partial charge on any atom is 0.154 e. The topological polar surface area (TPSA) is 85.5 Å². The molecule has 0 unspecified atom stereocenters. The van der Waals surface area contributed by atoms with Gasteiger partial charge in [0.1, 0.15) is 18.2 Å². The first-order valence-corrected chi connectivity index (χ1v) is 10.00. The number of aromatic nitrogens is 2. The van der Waals surface area contributed by atoms with Crippen molar-refractivity contribution in [3.8, 4) is 5.75 Å². The number of halogens is 1. The molecule has 1 fully saturated rings. The van der Waals surface area contributed by atoms with Crippen LogP contribution < -0.4 is 15.8 Å². The van der Waals surface area contributed by atoms with E-state index in [4.69, 9.17) is 26.8 Å². The van der Waals surface area contributed by atoms with Crippen molar-refractivity contribution < 1.29 is 9.47 Å². The van der Waals surface area contributed by atoms with E-state index in [1.54, 1.807) is 6.20 Å². The van der Waals surface area contributed by atoms with Crippen molar-refractivity contribution in [2.45, 2.75) is 6.92 Å². The molecule has 0 bridgehead atoms. The Labute approximate surface area is 174 Å². The van der Waals surface area contributed by atoms with Crippen LogP contribution in [-0.2, 0) is 4.74 Å². The van der Waals surface area contributed by atoms with Crippen LogP contribution in [0.3, 0.4) is 0 Å². The van der Waals surface area contributed by atoms with Crippen LogP contribution >= 0.6 is 11.6 Å². The molecule has 1 saturated heterocycles. The molecule has 1 aromatic carbocycles. The number of aryl methyl sites for hydroxylation is 1. The number of hydrogen-bond acceptors (Lipinski definition) is 7. The Morgan fingerprint density at radius 3 is 2.86 bits per heavy atom. The van der Waals surface area contributed by atoms with Gasteiger partial charge in [-0.3, -0.25) is 4.90 Å². The lowest BCUT2D eigenvalue weighted by Crippen LogP contribution is -2.38. The SMILES string of the molecule is Cc1ccnc(Nc2ccc3c(OCCN4CCOCC4)ccc(Cl)c3n2)c1N. The Morgan fingerprint density at radius 2 is 2.03 bits per heavy atom. The second kappa shape index (κ2) is 8.82. The molecule has 29 heavy (non-hydrogen) atoms. The summed E-state index contributed by atoms with van der Waals surface area (Å²) in [6, 6.07) is 9.39. The van der Waals surface area contributed by atoms with E-state index >= 15 is 0 Å². The predicted molar refractivity (Wildman–Crippen MR) is 116 cm³/mol. The van der Waals surface area contributed by atoms with E-state index in [1.165, 1.54) is 0 Å². The average molecular weight is 414 g/mol. The summed E-state index contributed by atoms with van der Waals surface area (Å²) in [5.41, 5.74) is 8.33. The van der Waals surface area contributed by atoms with Gasteiger partial charge in [0.05, 0.1) is 29.4 Å². The normalized spacial score (nSPS) is 14.8.